The Morgan fingerprint density at radius 3 is 2.86 bits per heavy atom. The predicted octanol–water partition coefficient (Wildman–Crippen LogP) is 3.83. The molecule has 0 N–H and O–H groups in total. The second-order valence-electron chi connectivity index (χ2n) is 7.10. The van der Waals surface area contributed by atoms with Gasteiger partial charge in [-0.25, -0.2) is 0 Å². The number of carbonyl (C=O) groups is 1. The number of benzene rings is 2. The van der Waals surface area contributed by atoms with Gasteiger partial charge in [-0.05, 0) is 49.6 Å². The van der Waals surface area contributed by atoms with E-state index in [0.717, 1.165) is 30.5 Å². The zero-order chi connectivity index (χ0) is 19.3. The molecule has 1 aliphatic heterocycles. The topological polar surface area (TPSA) is 68.5 Å². The highest BCUT2D eigenvalue weighted by atomic mass is 16.5. The highest BCUT2D eigenvalue weighted by molar-refractivity contribution is 5.78. The van der Waals surface area contributed by atoms with Crippen molar-refractivity contribution in [3.8, 4) is 17.2 Å². The second kappa shape index (κ2) is 8.25. The lowest BCUT2D eigenvalue weighted by molar-refractivity contribution is -0.134. The van der Waals surface area contributed by atoms with Crippen molar-refractivity contribution in [1.29, 1.82) is 0 Å². The maximum Gasteiger partial charge on any atom is 0.260 e. The van der Waals surface area contributed by atoms with Crippen molar-refractivity contribution in [3.63, 3.8) is 0 Å². The predicted molar refractivity (Wildman–Crippen MR) is 105 cm³/mol. The molecule has 0 spiro atoms. The molecule has 1 amide bonds. The first-order chi connectivity index (χ1) is 13.7. The number of carbonyl (C=O) groups excluding carboxylic acids is 1. The maximum atomic E-state index is 12.6. The fourth-order valence-electron chi connectivity index (χ4n) is 3.44. The summed E-state index contributed by atoms with van der Waals surface area (Å²) in [5.41, 5.74) is 2.00. The van der Waals surface area contributed by atoms with Crippen LogP contribution in [0.4, 0.5) is 0 Å². The molecular weight excluding hydrogens is 354 g/mol. The van der Waals surface area contributed by atoms with Crippen LogP contribution in [0.15, 0.2) is 59.0 Å². The van der Waals surface area contributed by atoms with Gasteiger partial charge in [0.2, 0.25) is 11.8 Å². The minimum absolute atomic E-state index is 0.0194. The second-order valence-corrected chi connectivity index (χ2v) is 7.10. The van der Waals surface area contributed by atoms with Crippen LogP contribution in [-0.4, -0.2) is 40.7 Å². The molecule has 0 radical (unpaired) electrons. The Labute approximate surface area is 164 Å². The third-order valence-electron chi connectivity index (χ3n) is 4.94. The molecule has 0 unspecified atom stereocenters. The molecule has 0 aliphatic carbocycles. The summed E-state index contributed by atoms with van der Waals surface area (Å²) < 4.78 is 11.6. The number of ether oxygens (including phenoxy) is 1. The lowest BCUT2D eigenvalue weighted by Crippen LogP contribution is -2.41. The maximum absolute atomic E-state index is 12.6. The summed E-state index contributed by atoms with van der Waals surface area (Å²) in [6.07, 6.45) is 1.84. The third-order valence-corrected chi connectivity index (χ3v) is 4.94. The van der Waals surface area contributed by atoms with Gasteiger partial charge in [0, 0.05) is 18.7 Å². The molecule has 2 aromatic carbocycles. The van der Waals surface area contributed by atoms with E-state index in [1.807, 2.05) is 66.4 Å². The van der Waals surface area contributed by atoms with Crippen molar-refractivity contribution in [2.45, 2.75) is 25.7 Å². The molecule has 28 heavy (non-hydrogen) atoms. The van der Waals surface area contributed by atoms with Gasteiger partial charge in [0.1, 0.15) is 5.75 Å². The number of aryl methyl sites for hydroxylation is 1. The SMILES string of the molecule is Cc1cccc(OCC(=O)N2CCC[C@H](c3nnc(-c4ccccc4)o3)C2)c1. The van der Waals surface area contributed by atoms with Gasteiger partial charge in [-0.2, -0.15) is 0 Å². The highest BCUT2D eigenvalue weighted by Gasteiger charge is 2.28. The van der Waals surface area contributed by atoms with Gasteiger partial charge >= 0.3 is 0 Å². The highest BCUT2D eigenvalue weighted by Crippen LogP contribution is 2.28. The van der Waals surface area contributed by atoms with Crippen molar-refractivity contribution >= 4 is 5.91 Å². The number of aromatic nitrogens is 2. The Morgan fingerprint density at radius 2 is 2.04 bits per heavy atom. The molecule has 1 aromatic heterocycles. The summed E-state index contributed by atoms with van der Waals surface area (Å²) in [6, 6.07) is 17.4. The molecule has 0 bridgehead atoms. The van der Waals surface area contributed by atoms with Crippen LogP contribution in [0.3, 0.4) is 0 Å². The van der Waals surface area contributed by atoms with Gasteiger partial charge in [0.25, 0.3) is 5.91 Å². The van der Waals surface area contributed by atoms with E-state index in [1.165, 1.54) is 0 Å². The van der Waals surface area contributed by atoms with E-state index < -0.39 is 0 Å². The van der Waals surface area contributed by atoms with E-state index in [9.17, 15) is 4.79 Å². The van der Waals surface area contributed by atoms with Crippen molar-refractivity contribution in [3.05, 3.63) is 66.1 Å². The molecule has 3 aromatic rings. The van der Waals surface area contributed by atoms with E-state index in [4.69, 9.17) is 9.15 Å². The molecule has 1 atom stereocenters. The number of hydrogen-bond donors (Lipinski definition) is 0. The number of hydrogen-bond acceptors (Lipinski definition) is 5. The Bertz CT molecular complexity index is 939. The van der Waals surface area contributed by atoms with E-state index in [1.54, 1.807) is 0 Å². The van der Waals surface area contributed by atoms with Crippen LogP contribution < -0.4 is 4.74 Å². The van der Waals surface area contributed by atoms with Crippen LogP contribution in [0.1, 0.15) is 30.2 Å². The van der Waals surface area contributed by atoms with Gasteiger partial charge in [0.15, 0.2) is 6.61 Å². The molecule has 144 valence electrons. The minimum atomic E-state index is -0.0194. The number of piperidine rings is 1. The normalized spacial score (nSPS) is 16.8. The molecule has 1 fully saturated rings. The third kappa shape index (κ3) is 4.22. The minimum Gasteiger partial charge on any atom is -0.484 e. The molecule has 0 saturated carbocycles. The first-order valence-corrected chi connectivity index (χ1v) is 9.55. The van der Waals surface area contributed by atoms with Gasteiger partial charge < -0.3 is 14.1 Å². The van der Waals surface area contributed by atoms with E-state index in [2.05, 4.69) is 10.2 Å². The van der Waals surface area contributed by atoms with Crippen LogP contribution in [0, 0.1) is 6.92 Å². The van der Waals surface area contributed by atoms with Gasteiger partial charge in [-0.1, -0.05) is 30.3 Å². The summed E-state index contributed by atoms with van der Waals surface area (Å²) in [6.45, 7) is 3.34. The average Bonchev–Trinajstić information content (AvgIpc) is 3.23. The van der Waals surface area contributed by atoms with E-state index in [-0.39, 0.29) is 18.4 Å². The molecule has 1 saturated heterocycles. The number of nitrogens with zero attached hydrogens (tertiary/aromatic N) is 3. The number of likely N-dealkylation sites (tertiary alicyclic amines) is 1. The van der Waals surface area contributed by atoms with Crippen LogP contribution in [0.2, 0.25) is 0 Å². The summed E-state index contributed by atoms with van der Waals surface area (Å²) in [5.74, 6) is 1.86. The molecule has 4 rings (SSSR count). The van der Waals surface area contributed by atoms with Crippen molar-refractivity contribution < 1.29 is 13.9 Å². The lowest BCUT2D eigenvalue weighted by Gasteiger charge is -2.31. The zero-order valence-corrected chi connectivity index (χ0v) is 15.9. The van der Waals surface area contributed by atoms with Gasteiger partial charge in [0.05, 0.1) is 5.92 Å². The van der Waals surface area contributed by atoms with Crippen molar-refractivity contribution in [2.24, 2.45) is 0 Å². The summed E-state index contributed by atoms with van der Waals surface area (Å²) >= 11 is 0. The molecule has 2 heterocycles. The average molecular weight is 377 g/mol. The van der Waals surface area contributed by atoms with E-state index >= 15 is 0 Å². The Hall–Kier alpha value is -3.15. The number of rotatable bonds is 5. The lowest BCUT2D eigenvalue weighted by atomic mass is 9.98. The zero-order valence-electron chi connectivity index (χ0n) is 15.9. The monoisotopic (exact) mass is 377 g/mol. The largest absolute Gasteiger partial charge is 0.484 e. The van der Waals surface area contributed by atoms with Crippen LogP contribution >= 0.6 is 0 Å². The molecular formula is C22H23N3O3. The molecule has 6 nitrogen and oxygen atoms in total. The smallest absolute Gasteiger partial charge is 0.260 e. The molecule has 6 heteroatoms. The fourth-order valence-corrected chi connectivity index (χ4v) is 3.44. The standard InChI is InChI=1S/C22H23N3O3/c1-16-7-5-11-19(13-16)27-15-20(26)25-12-6-10-18(14-25)22-24-23-21(28-22)17-8-3-2-4-9-17/h2-5,7-9,11,13,18H,6,10,12,14-15H2,1H3/t18-/m0/s1. The first-order valence-electron chi connectivity index (χ1n) is 9.55. The fraction of sp³-hybridized carbons (Fsp3) is 0.318. The number of amides is 1. The van der Waals surface area contributed by atoms with Crippen LogP contribution in [-0.2, 0) is 4.79 Å². The van der Waals surface area contributed by atoms with Gasteiger partial charge in [-0.3, -0.25) is 4.79 Å². The summed E-state index contributed by atoms with van der Waals surface area (Å²) in [4.78, 5) is 14.4. The summed E-state index contributed by atoms with van der Waals surface area (Å²) in [5, 5.41) is 8.40. The van der Waals surface area contributed by atoms with Gasteiger partial charge in [-0.15, -0.1) is 10.2 Å². The Balaban J connectivity index is 1.37. The quantitative estimate of drug-likeness (QED) is 0.676. The van der Waals surface area contributed by atoms with Crippen LogP contribution in [0.5, 0.6) is 5.75 Å². The Morgan fingerprint density at radius 1 is 1.18 bits per heavy atom. The first kappa shape index (κ1) is 18.2. The Kier molecular flexibility index (Phi) is 5.37. The van der Waals surface area contributed by atoms with Crippen LogP contribution in [0.25, 0.3) is 11.5 Å². The summed E-state index contributed by atoms with van der Waals surface area (Å²) in [7, 11) is 0. The van der Waals surface area contributed by atoms with Crippen molar-refractivity contribution in [2.75, 3.05) is 19.7 Å². The molecule has 1 aliphatic rings. The van der Waals surface area contributed by atoms with E-state index in [0.29, 0.717) is 24.1 Å². The van der Waals surface area contributed by atoms with Crippen molar-refractivity contribution in [1.82, 2.24) is 15.1 Å².